The molecule has 0 aliphatic carbocycles. The van der Waals surface area contributed by atoms with E-state index in [0.29, 0.717) is 29.9 Å². The minimum Gasteiger partial charge on any atom is -0.504 e. The molecule has 0 radical (unpaired) electrons. The second-order valence-corrected chi connectivity index (χ2v) is 4.92. The van der Waals surface area contributed by atoms with Gasteiger partial charge in [0.2, 0.25) is 11.7 Å². The van der Waals surface area contributed by atoms with E-state index in [4.69, 9.17) is 9.26 Å². The smallest absolute Gasteiger partial charge is 0.240 e. The molecule has 0 bridgehead atoms. The van der Waals surface area contributed by atoms with Crippen LogP contribution in [0.2, 0.25) is 0 Å². The summed E-state index contributed by atoms with van der Waals surface area (Å²) < 4.78 is 10.2. The highest BCUT2D eigenvalue weighted by Crippen LogP contribution is 2.30. The van der Waals surface area contributed by atoms with Crippen LogP contribution < -0.4 is 10.1 Å². The molecule has 108 valence electrons. The SMILES string of the molecule is COc1cc(-c2noc(CNCC(C)C)n2)ccc1O. The maximum Gasteiger partial charge on any atom is 0.240 e. The normalized spacial score (nSPS) is 11.0. The van der Waals surface area contributed by atoms with Crippen LogP contribution in [0.1, 0.15) is 19.7 Å². The van der Waals surface area contributed by atoms with Crippen molar-refractivity contribution in [1.29, 1.82) is 0 Å². The maximum atomic E-state index is 9.56. The topological polar surface area (TPSA) is 80.4 Å². The molecule has 6 nitrogen and oxygen atoms in total. The van der Waals surface area contributed by atoms with Gasteiger partial charge in [0.15, 0.2) is 11.5 Å². The van der Waals surface area contributed by atoms with Gasteiger partial charge in [-0.1, -0.05) is 19.0 Å². The van der Waals surface area contributed by atoms with Gasteiger partial charge >= 0.3 is 0 Å². The highest BCUT2D eigenvalue weighted by atomic mass is 16.5. The lowest BCUT2D eigenvalue weighted by molar-refractivity contribution is 0.363. The van der Waals surface area contributed by atoms with Crippen molar-refractivity contribution in [2.24, 2.45) is 5.92 Å². The number of hydrogen-bond acceptors (Lipinski definition) is 6. The molecule has 0 saturated carbocycles. The summed E-state index contributed by atoms with van der Waals surface area (Å²) in [7, 11) is 1.50. The van der Waals surface area contributed by atoms with Crippen LogP contribution in [0.5, 0.6) is 11.5 Å². The second-order valence-electron chi connectivity index (χ2n) is 4.92. The third-order valence-corrected chi connectivity index (χ3v) is 2.73. The first-order valence-electron chi connectivity index (χ1n) is 6.51. The van der Waals surface area contributed by atoms with E-state index in [1.165, 1.54) is 7.11 Å². The van der Waals surface area contributed by atoms with Gasteiger partial charge in [-0.15, -0.1) is 0 Å². The lowest BCUT2D eigenvalue weighted by Crippen LogP contribution is -2.19. The van der Waals surface area contributed by atoms with Crippen LogP contribution in [-0.4, -0.2) is 28.9 Å². The first kappa shape index (κ1) is 14.3. The van der Waals surface area contributed by atoms with Crippen LogP contribution in [0, 0.1) is 5.92 Å². The van der Waals surface area contributed by atoms with Crippen LogP contribution in [-0.2, 0) is 6.54 Å². The zero-order valence-corrected chi connectivity index (χ0v) is 11.9. The summed E-state index contributed by atoms with van der Waals surface area (Å²) in [5.41, 5.74) is 0.735. The quantitative estimate of drug-likeness (QED) is 0.842. The average Bonchev–Trinajstić information content (AvgIpc) is 2.87. The molecule has 2 N–H and O–H groups in total. The summed E-state index contributed by atoms with van der Waals surface area (Å²) in [5.74, 6) is 2.04. The van der Waals surface area contributed by atoms with Crippen molar-refractivity contribution < 1.29 is 14.4 Å². The van der Waals surface area contributed by atoms with E-state index in [1.54, 1.807) is 18.2 Å². The Kier molecular flexibility index (Phi) is 4.57. The molecule has 20 heavy (non-hydrogen) atoms. The standard InChI is InChI=1S/C14H19N3O3/c1-9(2)7-15-8-13-16-14(17-20-13)10-4-5-11(18)12(6-10)19-3/h4-6,9,15,18H,7-8H2,1-3H3. The van der Waals surface area contributed by atoms with E-state index in [-0.39, 0.29) is 5.75 Å². The maximum absolute atomic E-state index is 9.56. The number of methoxy groups -OCH3 is 1. The number of phenolic OH excluding ortho intramolecular Hbond substituents is 1. The molecule has 0 atom stereocenters. The van der Waals surface area contributed by atoms with E-state index in [9.17, 15) is 5.11 Å². The molecule has 0 unspecified atom stereocenters. The number of rotatable bonds is 6. The van der Waals surface area contributed by atoms with E-state index in [1.807, 2.05) is 0 Å². The van der Waals surface area contributed by atoms with Gasteiger partial charge in [0.25, 0.3) is 0 Å². The monoisotopic (exact) mass is 277 g/mol. The van der Waals surface area contributed by atoms with Gasteiger partial charge in [-0.25, -0.2) is 0 Å². The van der Waals surface area contributed by atoms with Gasteiger partial charge in [0.05, 0.1) is 13.7 Å². The number of aromatic nitrogens is 2. The zero-order chi connectivity index (χ0) is 14.5. The Hall–Kier alpha value is -2.08. The molecule has 0 saturated heterocycles. The number of nitrogens with one attached hydrogen (secondary N) is 1. The minimum absolute atomic E-state index is 0.0820. The van der Waals surface area contributed by atoms with Crippen LogP contribution in [0.3, 0.4) is 0 Å². The van der Waals surface area contributed by atoms with E-state index >= 15 is 0 Å². The summed E-state index contributed by atoms with van der Waals surface area (Å²) in [4.78, 5) is 4.30. The molecule has 0 spiro atoms. The summed E-state index contributed by atoms with van der Waals surface area (Å²) in [6.45, 7) is 5.70. The van der Waals surface area contributed by atoms with Crippen molar-refractivity contribution in [3.63, 3.8) is 0 Å². The third kappa shape index (κ3) is 3.48. The second kappa shape index (κ2) is 6.38. The first-order chi connectivity index (χ1) is 9.60. The van der Waals surface area contributed by atoms with Gasteiger partial charge < -0.3 is 19.7 Å². The Morgan fingerprint density at radius 3 is 2.90 bits per heavy atom. The van der Waals surface area contributed by atoms with Crippen molar-refractivity contribution in [3.8, 4) is 22.9 Å². The van der Waals surface area contributed by atoms with Crippen LogP contribution in [0.15, 0.2) is 22.7 Å². The number of ether oxygens (including phenoxy) is 1. The molecule has 0 aliphatic heterocycles. The Labute approximate surface area is 117 Å². The molecule has 0 amide bonds. The molecular formula is C14H19N3O3. The van der Waals surface area contributed by atoms with E-state index in [0.717, 1.165) is 12.1 Å². The molecule has 1 heterocycles. The van der Waals surface area contributed by atoms with Gasteiger partial charge in [-0.05, 0) is 30.7 Å². The Morgan fingerprint density at radius 1 is 1.40 bits per heavy atom. The summed E-state index contributed by atoms with van der Waals surface area (Å²) in [5, 5.41) is 16.7. The van der Waals surface area contributed by atoms with Gasteiger partial charge in [-0.3, -0.25) is 0 Å². The average molecular weight is 277 g/mol. The number of phenols is 1. The number of hydrogen-bond donors (Lipinski definition) is 2. The summed E-state index contributed by atoms with van der Waals surface area (Å²) >= 11 is 0. The summed E-state index contributed by atoms with van der Waals surface area (Å²) in [6.07, 6.45) is 0. The molecule has 6 heteroatoms. The van der Waals surface area contributed by atoms with Crippen LogP contribution >= 0.6 is 0 Å². The van der Waals surface area contributed by atoms with Crippen LogP contribution in [0.4, 0.5) is 0 Å². The molecule has 2 rings (SSSR count). The fourth-order valence-electron chi connectivity index (χ4n) is 1.73. The highest BCUT2D eigenvalue weighted by Gasteiger charge is 2.11. The Morgan fingerprint density at radius 2 is 2.20 bits per heavy atom. The minimum atomic E-state index is 0.0820. The third-order valence-electron chi connectivity index (χ3n) is 2.73. The highest BCUT2D eigenvalue weighted by molar-refractivity contribution is 5.60. The van der Waals surface area contributed by atoms with Gasteiger partial charge in [0, 0.05) is 5.56 Å². The van der Waals surface area contributed by atoms with Crippen molar-refractivity contribution in [2.75, 3.05) is 13.7 Å². The fraction of sp³-hybridized carbons (Fsp3) is 0.429. The largest absolute Gasteiger partial charge is 0.504 e. The molecule has 1 aromatic carbocycles. The lowest BCUT2D eigenvalue weighted by Gasteiger charge is -2.04. The molecule has 2 aromatic rings. The predicted molar refractivity (Wildman–Crippen MR) is 74.5 cm³/mol. The van der Waals surface area contributed by atoms with Crippen molar-refractivity contribution in [2.45, 2.75) is 20.4 Å². The molecule has 0 aliphatic rings. The number of benzene rings is 1. The Bertz CT molecular complexity index is 567. The van der Waals surface area contributed by atoms with E-state index in [2.05, 4.69) is 29.3 Å². The van der Waals surface area contributed by atoms with Gasteiger partial charge in [0.1, 0.15) is 0 Å². The fourth-order valence-corrected chi connectivity index (χ4v) is 1.73. The van der Waals surface area contributed by atoms with Crippen molar-refractivity contribution in [3.05, 3.63) is 24.1 Å². The van der Waals surface area contributed by atoms with Crippen molar-refractivity contribution in [1.82, 2.24) is 15.5 Å². The number of nitrogens with zero attached hydrogens (tertiary/aromatic N) is 2. The van der Waals surface area contributed by atoms with Gasteiger partial charge in [-0.2, -0.15) is 4.98 Å². The first-order valence-corrected chi connectivity index (χ1v) is 6.51. The number of aromatic hydroxyl groups is 1. The van der Waals surface area contributed by atoms with Crippen LogP contribution in [0.25, 0.3) is 11.4 Å². The predicted octanol–water partition coefficient (Wildman–Crippen LogP) is 2.20. The molecule has 0 fully saturated rings. The lowest BCUT2D eigenvalue weighted by atomic mass is 10.2. The molecule has 1 aromatic heterocycles. The Balaban J connectivity index is 2.08. The summed E-state index contributed by atoms with van der Waals surface area (Å²) in [6, 6.07) is 4.93. The molecular weight excluding hydrogens is 258 g/mol. The zero-order valence-electron chi connectivity index (χ0n) is 11.9. The van der Waals surface area contributed by atoms with Crippen molar-refractivity contribution >= 4 is 0 Å². The van der Waals surface area contributed by atoms with E-state index < -0.39 is 0 Å².